The molecule has 0 saturated heterocycles. The summed E-state index contributed by atoms with van der Waals surface area (Å²) >= 11 is 3.44. The van der Waals surface area contributed by atoms with Crippen molar-refractivity contribution in [2.75, 3.05) is 14.2 Å². The van der Waals surface area contributed by atoms with Crippen LogP contribution in [-0.2, 0) is 4.84 Å². The summed E-state index contributed by atoms with van der Waals surface area (Å²) in [5.74, 6) is 0.757. The number of methoxy groups -OCH3 is 1. The molecule has 5 nitrogen and oxygen atoms in total. The first-order valence-corrected chi connectivity index (χ1v) is 6.21. The van der Waals surface area contributed by atoms with E-state index in [4.69, 9.17) is 9.57 Å². The summed E-state index contributed by atoms with van der Waals surface area (Å²) in [5.41, 5.74) is 4.42. The van der Waals surface area contributed by atoms with Gasteiger partial charge in [-0.15, -0.1) is 0 Å². The Bertz CT molecular complexity index is 554. The Morgan fingerprint density at radius 2 is 2.11 bits per heavy atom. The Kier molecular flexibility index (Phi) is 4.00. The van der Waals surface area contributed by atoms with Crippen molar-refractivity contribution in [3.63, 3.8) is 0 Å². The Balaban J connectivity index is 2.59. The zero-order chi connectivity index (χ0) is 13.1. The van der Waals surface area contributed by atoms with E-state index in [0.717, 1.165) is 27.6 Å². The van der Waals surface area contributed by atoms with Crippen molar-refractivity contribution >= 4 is 21.6 Å². The van der Waals surface area contributed by atoms with Gasteiger partial charge >= 0.3 is 0 Å². The molecule has 0 radical (unpaired) electrons. The van der Waals surface area contributed by atoms with Crippen LogP contribution < -0.4 is 10.2 Å². The predicted octanol–water partition coefficient (Wildman–Crippen LogP) is 1.71. The van der Waals surface area contributed by atoms with E-state index in [9.17, 15) is 0 Å². The number of hydrogen-bond acceptors (Lipinski definition) is 3. The highest BCUT2D eigenvalue weighted by atomic mass is 79.9. The van der Waals surface area contributed by atoms with Crippen molar-refractivity contribution in [1.29, 1.82) is 0 Å². The third kappa shape index (κ3) is 2.40. The van der Waals surface area contributed by atoms with Crippen molar-refractivity contribution in [1.82, 2.24) is 9.55 Å². The SMILES string of the molecule is CO[NH2+]c1c(OC)cccc1-n1cc(C)nc1Br. The third-order valence-electron chi connectivity index (χ3n) is 2.54. The van der Waals surface area contributed by atoms with Gasteiger partial charge in [-0.05, 0) is 35.0 Å². The number of nitrogens with zero attached hydrogens (tertiary/aromatic N) is 2. The first kappa shape index (κ1) is 13.1. The molecule has 0 aliphatic rings. The van der Waals surface area contributed by atoms with Crippen LogP contribution in [0.2, 0.25) is 0 Å². The Labute approximate surface area is 114 Å². The number of rotatable bonds is 4. The Morgan fingerprint density at radius 3 is 2.67 bits per heavy atom. The molecule has 1 aromatic heterocycles. The van der Waals surface area contributed by atoms with Crippen LogP contribution in [0.3, 0.4) is 0 Å². The smallest absolute Gasteiger partial charge is 0.228 e. The summed E-state index contributed by atoms with van der Waals surface area (Å²) in [6, 6.07) is 5.81. The maximum absolute atomic E-state index is 5.35. The van der Waals surface area contributed by atoms with Gasteiger partial charge in [-0.1, -0.05) is 6.07 Å². The van der Waals surface area contributed by atoms with Gasteiger partial charge in [0, 0.05) is 6.20 Å². The maximum atomic E-state index is 5.35. The molecule has 2 rings (SSSR count). The van der Waals surface area contributed by atoms with Gasteiger partial charge in [0.25, 0.3) is 0 Å². The molecule has 0 unspecified atom stereocenters. The topological polar surface area (TPSA) is 52.9 Å². The van der Waals surface area contributed by atoms with Crippen LogP contribution in [0.15, 0.2) is 29.1 Å². The van der Waals surface area contributed by atoms with Gasteiger partial charge in [0.2, 0.25) is 5.69 Å². The van der Waals surface area contributed by atoms with E-state index in [1.807, 2.05) is 35.9 Å². The number of halogens is 1. The average Bonchev–Trinajstić information content (AvgIpc) is 2.69. The molecule has 0 aliphatic carbocycles. The minimum atomic E-state index is 0.749. The number of ether oxygens (including phenoxy) is 1. The van der Waals surface area contributed by atoms with E-state index in [0.29, 0.717) is 0 Å². The van der Waals surface area contributed by atoms with Crippen LogP contribution >= 0.6 is 15.9 Å². The second kappa shape index (κ2) is 5.51. The van der Waals surface area contributed by atoms with Crippen molar-refractivity contribution < 1.29 is 15.1 Å². The minimum Gasteiger partial charge on any atom is -0.491 e. The molecule has 2 aromatic rings. The quantitative estimate of drug-likeness (QED) is 0.690. The fourth-order valence-electron chi connectivity index (χ4n) is 1.79. The van der Waals surface area contributed by atoms with Crippen LogP contribution in [-0.4, -0.2) is 23.8 Å². The molecule has 96 valence electrons. The molecule has 0 atom stereocenters. The molecule has 1 heterocycles. The number of aryl methyl sites for hydroxylation is 1. The summed E-state index contributed by atoms with van der Waals surface area (Å²) < 4.78 is 8.04. The van der Waals surface area contributed by atoms with Crippen LogP contribution in [0.1, 0.15) is 5.69 Å². The third-order valence-corrected chi connectivity index (χ3v) is 3.10. The highest BCUT2D eigenvalue weighted by Crippen LogP contribution is 2.29. The lowest BCUT2D eigenvalue weighted by Gasteiger charge is -2.10. The fourth-order valence-corrected chi connectivity index (χ4v) is 2.37. The van der Waals surface area contributed by atoms with Gasteiger partial charge in [-0.25, -0.2) is 9.82 Å². The molecule has 6 heteroatoms. The maximum Gasteiger partial charge on any atom is 0.228 e. The molecule has 0 amide bonds. The molecule has 0 fully saturated rings. The second-order valence-electron chi connectivity index (χ2n) is 3.77. The average molecular weight is 313 g/mol. The summed E-state index contributed by atoms with van der Waals surface area (Å²) in [5, 5.41) is 0. The number of benzene rings is 1. The Hall–Kier alpha value is -1.37. The van der Waals surface area contributed by atoms with E-state index in [1.54, 1.807) is 19.7 Å². The first-order valence-electron chi connectivity index (χ1n) is 5.42. The van der Waals surface area contributed by atoms with Gasteiger partial charge in [-0.2, -0.15) is 5.48 Å². The zero-order valence-electron chi connectivity index (χ0n) is 10.5. The van der Waals surface area contributed by atoms with Gasteiger partial charge in [0.05, 0.1) is 19.9 Å². The van der Waals surface area contributed by atoms with E-state index >= 15 is 0 Å². The molecule has 18 heavy (non-hydrogen) atoms. The molecule has 0 spiro atoms. The second-order valence-corrected chi connectivity index (χ2v) is 4.48. The van der Waals surface area contributed by atoms with E-state index in [2.05, 4.69) is 20.9 Å². The fraction of sp³-hybridized carbons (Fsp3) is 0.250. The summed E-state index contributed by atoms with van der Waals surface area (Å²) in [6.45, 7) is 1.95. The number of hydrogen-bond donors (Lipinski definition) is 1. The van der Waals surface area contributed by atoms with Crippen LogP contribution in [0.25, 0.3) is 5.69 Å². The number of quaternary nitrogens is 1. The van der Waals surface area contributed by atoms with E-state index in [1.165, 1.54) is 0 Å². The Morgan fingerprint density at radius 1 is 1.33 bits per heavy atom. The monoisotopic (exact) mass is 312 g/mol. The van der Waals surface area contributed by atoms with Crippen LogP contribution in [0.5, 0.6) is 5.75 Å². The normalized spacial score (nSPS) is 10.7. The largest absolute Gasteiger partial charge is 0.491 e. The van der Waals surface area contributed by atoms with Gasteiger partial charge in [0.15, 0.2) is 10.5 Å². The minimum absolute atomic E-state index is 0.749. The van der Waals surface area contributed by atoms with E-state index < -0.39 is 0 Å². The molecular formula is C12H15BrN3O2+. The standard InChI is InChI=1S/C12H14BrN3O2/c1-8-7-16(12(13)14-8)9-5-4-6-10(17-2)11(9)15-18-3/h4-7,15H,1-3H3/p+1. The molecule has 0 bridgehead atoms. The van der Waals surface area contributed by atoms with Crippen molar-refractivity contribution in [3.8, 4) is 11.4 Å². The lowest BCUT2D eigenvalue weighted by atomic mass is 10.2. The first-order chi connectivity index (χ1) is 8.67. The lowest BCUT2D eigenvalue weighted by Crippen LogP contribution is -2.76. The van der Waals surface area contributed by atoms with Crippen molar-refractivity contribution in [2.45, 2.75) is 6.92 Å². The summed E-state index contributed by atoms with van der Waals surface area (Å²) in [4.78, 5) is 9.45. The molecular weight excluding hydrogens is 298 g/mol. The van der Waals surface area contributed by atoms with Crippen molar-refractivity contribution in [2.24, 2.45) is 0 Å². The van der Waals surface area contributed by atoms with Crippen molar-refractivity contribution in [3.05, 3.63) is 34.8 Å². The highest BCUT2D eigenvalue weighted by Gasteiger charge is 2.17. The molecule has 0 aliphatic heterocycles. The molecule has 2 N–H and O–H groups in total. The number of aromatic nitrogens is 2. The van der Waals surface area contributed by atoms with Crippen LogP contribution in [0.4, 0.5) is 5.69 Å². The number of nitrogens with two attached hydrogens (primary N) is 1. The molecule has 0 saturated carbocycles. The lowest BCUT2D eigenvalue weighted by molar-refractivity contribution is -0.830. The van der Waals surface area contributed by atoms with E-state index in [-0.39, 0.29) is 0 Å². The van der Waals surface area contributed by atoms with Gasteiger partial charge in [-0.3, -0.25) is 4.57 Å². The van der Waals surface area contributed by atoms with Crippen LogP contribution in [0, 0.1) is 6.92 Å². The number of imidazole rings is 1. The van der Waals surface area contributed by atoms with Gasteiger partial charge in [0.1, 0.15) is 5.69 Å². The summed E-state index contributed by atoms with van der Waals surface area (Å²) in [7, 11) is 3.25. The summed E-state index contributed by atoms with van der Waals surface area (Å²) in [6.07, 6.45) is 1.95. The highest BCUT2D eigenvalue weighted by molar-refractivity contribution is 9.10. The molecule has 1 aromatic carbocycles. The predicted molar refractivity (Wildman–Crippen MR) is 71.1 cm³/mol. The zero-order valence-corrected chi connectivity index (χ0v) is 12.1. The van der Waals surface area contributed by atoms with Gasteiger partial charge < -0.3 is 4.74 Å².